The summed E-state index contributed by atoms with van der Waals surface area (Å²) in [6, 6.07) is -0.458. The van der Waals surface area contributed by atoms with Gasteiger partial charge in [-0.2, -0.15) is 0 Å². The molecule has 2 N–H and O–H groups in total. The molecule has 0 heterocycles. The zero-order valence-corrected chi connectivity index (χ0v) is 12.0. The predicted octanol–water partition coefficient (Wildman–Crippen LogP) is 3.29. The summed E-state index contributed by atoms with van der Waals surface area (Å²) in [7, 11) is 0. The Morgan fingerprint density at radius 2 is 1.94 bits per heavy atom. The van der Waals surface area contributed by atoms with Gasteiger partial charge in [0, 0.05) is 6.54 Å². The fourth-order valence-corrected chi connectivity index (χ4v) is 2.43. The number of carboxylic acids is 1. The molecule has 0 fully saturated rings. The summed E-state index contributed by atoms with van der Waals surface area (Å²) in [6.45, 7) is 11.4. The lowest BCUT2D eigenvalue weighted by atomic mass is 9.71. The van der Waals surface area contributed by atoms with Gasteiger partial charge >= 0.3 is 5.97 Å². The summed E-state index contributed by atoms with van der Waals surface area (Å²) in [4.78, 5) is 10.8. The second kappa shape index (κ2) is 7.70. The molecule has 0 saturated heterocycles. The highest BCUT2D eigenvalue weighted by molar-refractivity contribution is 5.72. The first-order chi connectivity index (χ1) is 7.91. The number of carboxylic acid groups (broad SMARTS) is 1. The molecule has 0 aromatic heterocycles. The summed E-state index contributed by atoms with van der Waals surface area (Å²) in [5, 5.41) is 12.0. The van der Waals surface area contributed by atoms with Gasteiger partial charge in [0.15, 0.2) is 0 Å². The number of aliphatic carboxylic acids is 1. The van der Waals surface area contributed by atoms with Gasteiger partial charge in [-0.15, -0.1) is 0 Å². The fraction of sp³-hybridized carbons (Fsp3) is 0.929. The first-order valence-electron chi connectivity index (χ1n) is 6.87. The highest BCUT2D eigenvalue weighted by atomic mass is 16.4. The Labute approximate surface area is 106 Å². The molecule has 3 atom stereocenters. The quantitative estimate of drug-likeness (QED) is 0.653. The van der Waals surface area contributed by atoms with Crippen LogP contribution in [0.25, 0.3) is 0 Å². The van der Waals surface area contributed by atoms with Crippen molar-refractivity contribution in [1.29, 1.82) is 0 Å². The monoisotopic (exact) mass is 243 g/mol. The summed E-state index contributed by atoms with van der Waals surface area (Å²) in [5.41, 5.74) is 0.203. The molecular weight excluding hydrogens is 214 g/mol. The zero-order valence-electron chi connectivity index (χ0n) is 12.0. The lowest BCUT2D eigenvalue weighted by molar-refractivity contribution is -0.139. The van der Waals surface area contributed by atoms with Crippen molar-refractivity contribution in [1.82, 2.24) is 5.32 Å². The van der Waals surface area contributed by atoms with E-state index in [4.69, 9.17) is 5.11 Å². The van der Waals surface area contributed by atoms with Crippen LogP contribution in [0.15, 0.2) is 0 Å². The van der Waals surface area contributed by atoms with Crippen LogP contribution in [-0.4, -0.2) is 23.7 Å². The molecule has 0 rings (SSSR count). The molecule has 0 aliphatic rings. The largest absolute Gasteiger partial charge is 0.480 e. The third-order valence-corrected chi connectivity index (χ3v) is 4.11. The van der Waals surface area contributed by atoms with E-state index in [0.717, 1.165) is 13.0 Å². The minimum atomic E-state index is -0.771. The Hall–Kier alpha value is -0.570. The number of rotatable bonds is 9. The molecule has 3 unspecified atom stereocenters. The average Bonchev–Trinajstić information content (AvgIpc) is 2.32. The lowest BCUT2D eigenvalue weighted by Gasteiger charge is -2.37. The van der Waals surface area contributed by atoms with Crippen LogP contribution in [0.1, 0.15) is 60.3 Å². The molecule has 3 heteroatoms. The van der Waals surface area contributed by atoms with Crippen LogP contribution in [0.2, 0.25) is 0 Å². The van der Waals surface area contributed by atoms with E-state index in [-0.39, 0.29) is 5.41 Å². The van der Waals surface area contributed by atoms with Crippen LogP contribution in [0.4, 0.5) is 0 Å². The van der Waals surface area contributed by atoms with Crippen molar-refractivity contribution >= 4 is 5.97 Å². The second-order valence-corrected chi connectivity index (χ2v) is 5.34. The SMILES string of the molecule is CCCC(CC)C(C)(CC)CNC(C)C(=O)O. The molecule has 0 bridgehead atoms. The van der Waals surface area contributed by atoms with E-state index in [0.29, 0.717) is 5.92 Å². The molecule has 0 aliphatic carbocycles. The van der Waals surface area contributed by atoms with Crippen molar-refractivity contribution in [2.45, 2.75) is 66.3 Å². The first kappa shape index (κ1) is 16.4. The Balaban J connectivity index is 4.49. The maximum Gasteiger partial charge on any atom is 0.320 e. The summed E-state index contributed by atoms with van der Waals surface area (Å²) >= 11 is 0. The van der Waals surface area contributed by atoms with E-state index in [9.17, 15) is 4.79 Å². The van der Waals surface area contributed by atoms with Gasteiger partial charge in [0.25, 0.3) is 0 Å². The van der Waals surface area contributed by atoms with Gasteiger partial charge in [-0.3, -0.25) is 4.79 Å². The molecule has 3 nitrogen and oxygen atoms in total. The minimum absolute atomic E-state index is 0.203. The van der Waals surface area contributed by atoms with Crippen LogP contribution in [0.5, 0.6) is 0 Å². The van der Waals surface area contributed by atoms with Crippen molar-refractivity contribution < 1.29 is 9.90 Å². The maximum atomic E-state index is 10.8. The topological polar surface area (TPSA) is 49.3 Å². The van der Waals surface area contributed by atoms with Crippen LogP contribution in [0.3, 0.4) is 0 Å². The maximum absolute atomic E-state index is 10.8. The molecule has 0 spiro atoms. The van der Waals surface area contributed by atoms with E-state index in [1.54, 1.807) is 6.92 Å². The van der Waals surface area contributed by atoms with Crippen molar-refractivity contribution in [2.75, 3.05) is 6.54 Å². The third-order valence-electron chi connectivity index (χ3n) is 4.11. The molecule has 0 aromatic rings. The minimum Gasteiger partial charge on any atom is -0.480 e. The van der Waals surface area contributed by atoms with E-state index in [2.05, 4.69) is 33.0 Å². The van der Waals surface area contributed by atoms with Crippen LogP contribution < -0.4 is 5.32 Å². The molecule has 0 saturated carbocycles. The molecular formula is C14H29NO2. The Morgan fingerprint density at radius 1 is 1.35 bits per heavy atom. The average molecular weight is 243 g/mol. The van der Waals surface area contributed by atoms with Gasteiger partial charge in [-0.05, 0) is 24.7 Å². The van der Waals surface area contributed by atoms with Crippen molar-refractivity contribution in [3.63, 3.8) is 0 Å². The van der Waals surface area contributed by atoms with Crippen LogP contribution in [-0.2, 0) is 4.79 Å². The molecule has 17 heavy (non-hydrogen) atoms. The normalized spacial score (nSPS) is 18.4. The fourth-order valence-electron chi connectivity index (χ4n) is 2.43. The van der Waals surface area contributed by atoms with E-state index in [1.165, 1.54) is 19.3 Å². The van der Waals surface area contributed by atoms with Crippen LogP contribution >= 0.6 is 0 Å². The van der Waals surface area contributed by atoms with Crippen molar-refractivity contribution in [2.24, 2.45) is 11.3 Å². The highest BCUT2D eigenvalue weighted by Crippen LogP contribution is 2.36. The lowest BCUT2D eigenvalue weighted by Crippen LogP contribution is -2.43. The predicted molar refractivity (Wildman–Crippen MR) is 72.2 cm³/mol. The van der Waals surface area contributed by atoms with Gasteiger partial charge in [-0.25, -0.2) is 0 Å². The van der Waals surface area contributed by atoms with E-state index >= 15 is 0 Å². The Morgan fingerprint density at radius 3 is 2.29 bits per heavy atom. The third kappa shape index (κ3) is 5.07. The first-order valence-corrected chi connectivity index (χ1v) is 6.87. The smallest absolute Gasteiger partial charge is 0.320 e. The van der Waals surface area contributed by atoms with Crippen LogP contribution in [0, 0.1) is 11.3 Å². The zero-order chi connectivity index (χ0) is 13.5. The molecule has 0 aromatic carbocycles. The molecule has 102 valence electrons. The molecule has 0 amide bonds. The van der Waals surface area contributed by atoms with Gasteiger partial charge < -0.3 is 10.4 Å². The summed E-state index contributed by atoms with van der Waals surface area (Å²) in [6.07, 6.45) is 4.68. The number of carbonyl (C=O) groups is 1. The molecule has 0 radical (unpaired) electrons. The standard InChI is InChI=1S/C14H29NO2/c1-6-9-12(7-2)14(5,8-3)10-15-11(4)13(16)17/h11-12,15H,6-10H2,1-5H3,(H,16,17). The van der Waals surface area contributed by atoms with Crippen molar-refractivity contribution in [3.8, 4) is 0 Å². The second-order valence-electron chi connectivity index (χ2n) is 5.34. The van der Waals surface area contributed by atoms with Gasteiger partial charge in [0.05, 0.1) is 0 Å². The van der Waals surface area contributed by atoms with Crippen molar-refractivity contribution in [3.05, 3.63) is 0 Å². The molecule has 0 aliphatic heterocycles. The van der Waals surface area contributed by atoms with Gasteiger partial charge in [0.1, 0.15) is 6.04 Å². The number of hydrogen-bond donors (Lipinski definition) is 2. The Bertz CT molecular complexity index is 230. The van der Waals surface area contributed by atoms with E-state index in [1.807, 2.05) is 0 Å². The van der Waals surface area contributed by atoms with E-state index < -0.39 is 12.0 Å². The van der Waals surface area contributed by atoms with Gasteiger partial charge in [-0.1, -0.05) is 47.0 Å². The number of hydrogen-bond acceptors (Lipinski definition) is 2. The van der Waals surface area contributed by atoms with Gasteiger partial charge in [0.2, 0.25) is 0 Å². The number of nitrogens with one attached hydrogen (secondary N) is 1. The Kier molecular flexibility index (Phi) is 7.44. The highest BCUT2D eigenvalue weighted by Gasteiger charge is 2.31. The summed E-state index contributed by atoms with van der Waals surface area (Å²) in [5.74, 6) is -0.0991. The summed E-state index contributed by atoms with van der Waals surface area (Å²) < 4.78 is 0.